The minimum atomic E-state index is -0.259. The SMILES string of the molecule is CC(C)(C)NCc1ccc(F)cc1-c1ccc2nc(N)nc(C3NCc4ccccc43)c2c1. The average Bonchev–Trinajstić information content (AvgIpc) is 3.21. The number of nitrogen functional groups attached to an aromatic ring is 1. The maximum atomic E-state index is 14.3. The monoisotopic (exact) mass is 441 g/mol. The highest BCUT2D eigenvalue weighted by Crippen LogP contribution is 2.36. The van der Waals surface area contributed by atoms with Gasteiger partial charge < -0.3 is 16.4 Å². The van der Waals surface area contributed by atoms with Crippen LogP contribution in [-0.2, 0) is 13.1 Å². The van der Waals surface area contributed by atoms with Crippen molar-refractivity contribution in [3.63, 3.8) is 0 Å². The fourth-order valence-electron chi connectivity index (χ4n) is 4.43. The summed E-state index contributed by atoms with van der Waals surface area (Å²) in [6.45, 7) is 7.77. The number of halogens is 1. The Hall–Kier alpha value is -3.35. The molecule has 6 heteroatoms. The maximum Gasteiger partial charge on any atom is 0.220 e. The largest absolute Gasteiger partial charge is 0.368 e. The first kappa shape index (κ1) is 21.5. The van der Waals surface area contributed by atoms with Gasteiger partial charge in [-0.1, -0.05) is 36.4 Å². The molecule has 0 spiro atoms. The van der Waals surface area contributed by atoms with E-state index >= 15 is 0 Å². The van der Waals surface area contributed by atoms with Crippen LogP contribution in [0, 0.1) is 5.82 Å². The molecule has 0 saturated heterocycles. The highest BCUT2D eigenvalue weighted by molar-refractivity contribution is 5.88. The van der Waals surface area contributed by atoms with E-state index in [4.69, 9.17) is 5.73 Å². The van der Waals surface area contributed by atoms with Gasteiger partial charge in [-0.25, -0.2) is 14.4 Å². The van der Waals surface area contributed by atoms with Gasteiger partial charge in [0.15, 0.2) is 0 Å². The Labute approximate surface area is 193 Å². The van der Waals surface area contributed by atoms with Crippen LogP contribution in [0.2, 0.25) is 0 Å². The minimum Gasteiger partial charge on any atom is -0.368 e. The van der Waals surface area contributed by atoms with E-state index in [0.717, 1.165) is 39.8 Å². The molecular formula is C27H28FN5. The molecule has 0 saturated carbocycles. The van der Waals surface area contributed by atoms with Gasteiger partial charge in [0.05, 0.1) is 17.3 Å². The molecule has 1 atom stereocenters. The van der Waals surface area contributed by atoms with E-state index < -0.39 is 0 Å². The van der Waals surface area contributed by atoms with E-state index in [2.05, 4.69) is 59.6 Å². The van der Waals surface area contributed by atoms with Crippen LogP contribution in [0.4, 0.5) is 10.3 Å². The second-order valence-corrected chi connectivity index (χ2v) is 9.62. The number of hydrogen-bond donors (Lipinski definition) is 3. The fourth-order valence-corrected chi connectivity index (χ4v) is 4.43. The van der Waals surface area contributed by atoms with Crippen molar-refractivity contribution in [2.45, 2.75) is 45.4 Å². The Morgan fingerprint density at radius 1 is 1.06 bits per heavy atom. The van der Waals surface area contributed by atoms with E-state index in [9.17, 15) is 4.39 Å². The summed E-state index contributed by atoms with van der Waals surface area (Å²) in [6, 6.07) is 19.2. The summed E-state index contributed by atoms with van der Waals surface area (Å²) in [4.78, 5) is 9.10. The highest BCUT2D eigenvalue weighted by atomic mass is 19.1. The van der Waals surface area contributed by atoms with Crippen LogP contribution in [0.3, 0.4) is 0 Å². The Morgan fingerprint density at radius 3 is 2.70 bits per heavy atom. The Balaban J connectivity index is 1.64. The molecule has 4 N–H and O–H groups in total. The van der Waals surface area contributed by atoms with E-state index in [-0.39, 0.29) is 23.3 Å². The first-order valence-corrected chi connectivity index (χ1v) is 11.2. The van der Waals surface area contributed by atoms with E-state index in [0.29, 0.717) is 6.54 Å². The number of nitrogens with one attached hydrogen (secondary N) is 2. The molecule has 0 bridgehead atoms. The number of hydrogen-bond acceptors (Lipinski definition) is 5. The van der Waals surface area contributed by atoms with Crippen LogP contribution in [0.25, 0.3) is 22.0 Å². The lowest BCUT2D eigenvalue weighted by molar-refractivity contribution is 0.424. The Morgan fingerprint density at radius 2 is 1.88 bits per heavy atom. The second kappa shape index (κ2) is 8.21. The summed E-state index contributed by atoms with van der Waals surface area (Å²) in [7, 11) is 0. The summed E-state index contributed by atoms with van der Waals surface area (Å²) in [6.07, 6.45) is 0. The van der Waals surface area contributed by atoms with E-state index in [1.54, 1.807) is 6.07 Å². The van der Waals surface area contributed by atoms with Crippen LogP contribution in [-0.4, -0.2) is 15.5 Å². The minimum absolute atomic E-state index is 0.0465. The molecule has 1 unspecified atom stereocenters. The zero-order valence-corrected chi connectivity index (χ0v) is 19.1. The van der Waals surface area contributed by atoms with Crippen molar-refractivity contribution in [3.8, 4) is 11.1 Å². The Kier molecular flexibility index (Phi) is 5.35. The number of nitrogens with zero attached hydrogens (tertiary/aromatic N) is 2. The van der Waals surface area contributed by atoms with Gasteiger partial charge in [-0.05, 0) is 72.9 Å². The maximum absolute atomic E-state index is 14.3. The molecule has 0 fully saturated rings. The van der Waals surface area contributed by atoms with Crippen molar-refractivity contribution < 1.29 is 4.39 Å². The predicted octanol–water partition coefficient (Wildman–Crippen LogP) is 5.10. The fraction of sp³-hybridized carbons (Fsp3) is 0.259. The second-order valence-electron chi connectivity index (χ2n) is 9.62. The molecule has 2 heterocycles. The first-order chi connectivity index (χ1) is 15.8. The summed E-state index contributed by atoms with van der Waals surface area (Å²) in [5.74, 6) is -0.0120. The van der Waals surface area contributed by atoms with Crippen molar-refractivity contribution in [1.82, 2.24) is 20.6 Å². The summed E-state index contributed by atoms with van der Waals surface area (Å²) < 4.78 is 14.3. The zero-order chi connectivity index (χ0) is 23.2. The first-order valence-electron chi connectivity index (χ1n) is 11.2. The molecule has 1 aliphatic heterocycles. The predicted molar refractivity (Wildman–Crippen MR) is 131 cm³/mol. The van der Waals surface area contributed by atoms with Crippen LogP contribution < -0.4 is 16.4 Å². The number of nitrogens with two attached hydrogens (primary N) is 1. The van der Waals surface area contributed by atoms with E-state index in [1.165, 1.54) is 17.2 Å². The molecule has 1 aliphatic rings. The molecule has 5 rings (SSSR count). The van der Waals surface area contributed by atoms with Gasteiger partial charge in [0.1, 0.15) is 5.82 Å². The van der Waals surface area contributed by atoms with Crippen LogP contribution in [0.5, 0.6) is 0 Å². The highest BCUT2D eigenvalue weighted by Gasteiger charge is 2.26. The molecule has 5 nitrogen and oxygen atoms in total. The van der Waals surface area contributed by atoms with Gasteiger partial charge in [-0.15, -0.1) is 0 Å². The van der Waals surface area contributed by atoms with Crippen molar-refractivity contribution in [1.29, 1.82) is 0 Å². The number of rotatable bonds is 4. The van der Waals surface area contributed by atoms with Gasteiger partial charge in [0, 0.05) is 24.0 Å². The lowest BCUT2D eigenvalue weighted by Gasteiger charge is -2.22. The molecule has 3 aromatic carbocycles. The van der Waals surface area contributed by atoms with Crippen molar-refractivity contribution in [2.24, 2.45) is 0 Å². The van der Waals surface area contributed by atoms with Crippen molar-refractivity contribution >= 4 is 16.9 Å². The van der Waals surface area contributed by atoms with Crippen LogP contribution in [0.1, 0.15) is 49.2 Å². The number of aromatic nitrogens is 2. The normalized spacial score (nSPS) is 15.7. The zero-order valence-electron chi connectivity index (χ0n) is 19.1. The van der Waals surface area contributed by atoms with Gasteiger partial charge in [0.2, 0.25) is 5.95 Å². The molecule has 1 aromatic heterocycles. The van der Waals surface area contributed by atoms with Crippen LogP contribution in [0.15, 0.2) is 60.7 Å². The molecule has 168 valence electrons. The van der Waals surface area contributed by atoms with Gasteiger partial charge in [0.25, 0.3) is 0 Å². The van der Waals surface area contributed by atoms with Gasteiger partial charge in [-0.3, -0.25) is 0 Å². The summed E-state index contributed by atoms with van der Waals surface area (Å²) in [5, 5.41) is 7.98. The quantitative estimate of drug-likeness (QED) is 0.411. The lowest BCUT2D eigenvalue weighted by atomic mass is 9.95. The smallest absolute Gasteiger partial charge is 0.220 e. The average molecular weight is 442 g/mol. The number of fused-ring (bicyclic) bond motifs is 2. The summed E-state index contributed by atoms with van der Waals surface area (Å²) in [5.41, 5.74) is 12.9. The van der Waals surface area contributed by atoms with E-state index in [1.807, 2.05) is 30.3 Å². The molecular weight excluding hydrogens is 413 g/mol. The molecule has 0 aliphatic carbocycles. The number of anilines is 1. The van der Waals surface area contributed by atoms with Crippen molar-refractivity contribution in [3.05, 3.63) is 88.9 Å². The van der Waals surface area contributed by atoms with Gasteiger partial charge in [-0.2, -0.15) is 0 Å². The van der Waals surface area contributed by atoms with Crippen molar-refractivity contribution in [2.75, 3.05) is 5.73 Å². The third kappa shape index (κ3) is 4.32. The third-order valence-electron chi connectivity index (χ3n) is 6.07. The Bertz CT molecular complexity index is 1340. The van der Waals surface area contributed by atoms with Crippen LogP contribution >= 0.6 is 0 Å². The van der Waals surface area contributed by atoms with Gasteiger partial charge >= 0.3 is 0 Å². The standard InChI is InChI=1S/C27H28FN5/c1-27(2,3)31-15-18-8-10-19(28)13-21(18)16-9-11-23-22(12-16)25(33-26(29)32-23)24-20-7-5-4-6-17(20)14-30-24/h4-13,24,30-31H,14-15H2,1-3H3,(H2,29,32,33). The topological polar surface area (TPSA) is 75.9 Å². The molecule has 0 radical (unpaired) electrons. The molecule has 4 aromatic rings. The third-order valence-corrected chi connectivity index (χ3v) is 6.07. The molecule has 0 amide bonds. The molecule has 33 heavy (non-hydrogen) atoms. The lowest BCUT2D eigenvalue weighted by Crippen LogP contribution is -2.35. The summed E-state index contributed by atoms with van der Waals surface area (Å²) >= 11 is 0. The number of benzene rings is 3.